The molecule has 0 unspecified atom stereocenters. The van der Waals surface area contributed by atoms with Crippen molar-refractivity contribution < 1.29 is 0 Å². The third kappa shape index (κ3) is 2.51. The van der Waals surface area contributed by atoms with Gasteiger partial charge in [0.05, 0.1) is 0 Å². The van der Waals surface area contributed by atoms with Gasteiger partial charge in [0, 0.05) is 5.02 Å². The van der Waals surface area contributed by atoms with Gasteiger partial charge in [-0.3, -0.25) is 0 Å². The topological polar surface area (TPSA) is 0 Å². The second-order valence-corrected chi connectivity index (χ2v) is 4.51. The molecular weight excluding hydrogens is 192 g/mol. The van der Waals surface area contributed by atoms with Gasteiger partial charge >= 0.3 is 0 Å². The van der Waals surface area contributed by atoms with E-state index in [-0.39, 0.29) is 0 Å². The molecule has 78 valence electrons. The zero-order valence-corrected chi connectivity index (χ0v) is 10.3. The van der Waals surface area contributed by atoms with Crippen molar-refractivity contribution in [1.82, 2.24) is 0 Å². The highest BCUT2D eigenvalue weighted by Gasteiger charge is 2.39. The Morgan fingerprint density at radius 3 is 2.14 bits per heavy atom. The van der Waals surface area contributed by atoms with Gasteiger partial charge in [-0.1, -0.05) is 38.4 Å². The number of halogens is 1. The van der Waals surface area contributed by atoms with E-state index in [2.05, 4.69) is 26.0 Å². The lowest BCUT2D eigenvalue weighted by molar-refractivity contribution is 0.786. The Labute approximate surface area is 92.3 Å². The summed E-state index contributed by atoms with van der Waals surface area (Å²) in [6.45, 7) is 8.40. The van der Waals surface area contributed by atoms with E-state index >= 15 is 0 Å². The Balaban J connectivity index is 0.000000461. The van der Waals surface area contributed by atoms with Gasteiger partial charge in [-0.05, 0) is 48.4 Å². The Kier molecular flexibility index (Phi) is 3.60. The van der Waals surface area contributed by atoms with Gasteiger partial charge in [-0.2, -0.15) is 0 Å². The van der Waals surface area contributed by atoms with E-state index in [1.165, 1.54) is 24.0 Å². The summed E-state index contributed by atoms with van der Waals surface area (Å²) >= 11 is 5.98. The minimum absolute atomic E-state index is 0.440. The molecule has 0 heterocycles. The molecule has 0 aromatic heterocycles. The first-order valence-corrected chi connectivity index (χ1v) is 5.76. The summed E-state index contributed by atoms with van der Waals surface area (Å²) in [5.41, 5.74) is 3.12. The summed E-state index contributed by atoms with van der Waals surface area (Å²) in [6, 6.07) is 6.36. The SMILES string of the molecule is CC.Cc1cc(Cl)cc(C2(C)CC2)c1. The van der Waals surface area contributed by atoms with Crippen LogP contribution in [0, 0.1) is 6.92 Å². The first-order chi connectivity index (χ1) is 6.60. The van der Waals surface area contributed by atoms with Crippen molar-refractivity contribution in [2.45, 2.75) is 46.0 Å². The van der Waals surface area contributed by atoms with E-state index in [9.17, 15) is 0 Å². The lowest BCUT2D eigenvalue weighted by Crippen LogP contribution is -1.99. The molecular formula is C13H19Cl. The van der Waals surface area contributed by atoms with Gasteiger partial charge in [-0.15, -0.1) is 0 Å². The van der Waals surface area contributed by atoms with Crippen LogP contribution < -0.4 is 0 Å². The molecule has 1 aromatic rings. The molecule has 0 spiro atoms. The van der Waals surface area contributed by atoms with E-state index in [0.717, 1.165) is 5.02 Å². The van der Waals surface area contributed by atoms with Gasteiger partial charge < -0.3 is 0 Å². The van der Waals surface area contributed by atoms with Crippen LogP contribution in [0.15, 0.2) is 18.2 Å². The monoisotopic (exact) mass is 210 g/mol. The molecule has 0 atom stereocenters. The average Bonchev–Trinajstić information content (AvgIpc) is 2.87. The van der Waals surface area contributed by atoms with E-state index in [4.69, 9.17) is 11.6 Å². The molecule has 1 aliphatic rings. The Bertz CT molecular complexity index is 291. The molecule has 1 heteroatoms. The summed E-state index contributed by atoms with van der Waals surface area (Å²) in [6.07, 6.45) is 2.62. The third-order valence-electron chi connectivity index (χ3n) is 2.74. The second-order valence-electron chi connectivity index (χ2n) is 4.08. The zero-order chi connectivity index (χ0) is 10.8. The molecule has 1 aromatic carbocycles. The summed E-state index contributed by atoms with van der Waals surface area (Å²) in [5, 5.41) is 0.873. The largest absolute Gasteiger partial charge is 0.0843 e. The highest BCUT2D eigenvalue weighted by Crippen LogP contribution is 2.48. The lowest BCUT2D eigenvalue weighted by atomic mass is 9.97. The van der Waals surface area contributed by atoms with Crippen molar-refractivity contribution in [1.29, 1.82) is 0 Å². The number of hydrogen-bond donors (Lipinski definition) is 0. The van der Waals surface area contributed by atoms with Gasteiger partial charge in [0.1, 0.15) is 0 Å². The highest BCUT2D eigenvalue weighted by molar-refractivity contribution is 6.30. The molecule has 0 radical (unpaired) electrons. The molecule has 1 saturated carbocycles. The summed E-state index contributed by atoms with van der Waals surface area (Å²) < 4.78 is 0. The fourth-order valence-electron chi connectivity index (χ4n) is 1.56. The molecule has 0 bridgehead atoms. The molecule has 0 N–H and O–H groups in total. The molecule has 2 rings (SSSR count). The predicted molar refractivity (Wildman–Crippen MR) is 64.1 cm³/mol. The minimum Gasteiger partial charge on any atom is -0.0843 e. The molecule has 0 aliphatic heterocycles. The van der Waals surface area contributed by atoms with Crippen LogP contribution in [-0.2, 0) is 5.41 Å². The van der Waals surface area contributed by atoms with Crippen LogP contribution >= 0.6 is 11.6 Å². The van der Waals surface area contributed by atoms with E-state index in [1.54, 1.807) is 0 Å². The normalized spacial score (nSPS) is 16.9. The van der Waals surface area contributed by atoms with Crippen LogP contribution in [0.2, 0.25) is 5.02 Å². The predicted octanol–water partition coefficient (Wildman–Crippen LogP) is 4.73. The number of rotatable bonds is 1. The van der Waals surface area contributed by atoms with E-state index in [0.29, 0.717) is 5.41 Å². The first kappa shape index (κ1) is 11.6. The molecule has 0 amide bonds. The van der Waals surface area contributed by atoms with E-state index in [1.807, 2.05) is 19.9 Å². The first-order valence-electron chi connectivity index (χ1n) is 5.38. The smallest absolute Gasteiger partial charge is 0.0411 e. The minimum atomic E-state index is 0.440. The van der Waals surface area contributed by atoms with Crippen LogP contribution in [0.25, 0.3) is 0 Å². The Morgan fingerprint density at radius 2 is 1.71 bits per heavy atom. The van der Waals surface area contributed by atoms with Gasteiger partial charge in [0.25, 0.3) is 0 Å². The van der Waals surface area contributed by atoms with Gasteiger partial charge in [0.2, 0.25) is 0 Å². The van der Waals surface area contributed by atoms with Crippen LogP contribution in [0.1, 0.15) is 44.7 Å². The van der Waals surface area contributed by atoms with Crippen LogP contribution in [0.5, 0.6) is 0 Å². The van der Waals surface area contributed by atoms with Crippen LogP contribution in [0.3, 0.4) is 0 Å². The number of benzene rings is 1. The van der Waals surface area contributed by atoms with Crippen molar-refractivity contribution in [3.05, 3.63) is 34.3 Å². The number of aryl methyl sites for hydroxylation is 1. The van der Waals surface area contributed by atoms with Gasteiger partial charge in [-0.25, -0.2) is 0 Å². The van der Waals surface area contributed by atoms with Crippen LogP contribution in [0.4, 0.5) is 0 Å². The van der Waals surface area contributed by atoms with E-state index < -0.39 is 0 Å². The van der Waals surface area contributed by atoms with Crippen molar-refractivity contribution in [3.8, 4) is 0 Å². The summed E-state index contributed by atoms with van der Waals surface area (Å²) in [7, 11) is 0. The maximum Gasteiger partial charge on any atom is 0.0411 e. The van der Waals surface area contributed by atoms with Crippen LogP contribution in [-0.4, -0.2) is 0 Å². The fourth-order valence-corrected chi connectivity index (χ4v) is 1.85. The number of hydrogen-bond acceptors (Lipinski definition) is 0. The zero-order valence-electron chi connectivity index (χ0n) is 9.52. The molecule has 0 saturated heterocycles. The molecule has 1 aliphatic carbocycles. The maximum atomic E-state index is 5.98. The van der Waals surface area contributed by atoms with Crippen molar-refractivity contribution in [2.75, 3.05) is 0 Å². The summed E-state index contributed by atoms with van der Waals surface area (Å²) in [5.74, 6) is 0. The second kappa shape index (κ2) is 4.35. The Morgan fingerprint density at radius 1 is 1.14 bits per heavy atom. The van der Waals surface area contributed by atoms with Gasteiger partial charge in [0.15, 0.2) is 0 Å². The molecule has 14 heavy (non-hydrogen) atoms. The molecule has 0 nitrogen and oxygen atoms in total. The third-order valence-corrected chi connectivity index (χ3v) is 2.96. The maximum absolute atomic E-state index is 5.98. The highest BCUT2D eigenvalue weighted by atomic mass is 35.5. The van der Waals surface area contributed by atoms with Crippen molar-refractivity contribution >= 4 is 11.6 Å². The quantitative estimate of drug-likeness (QED) is 0.629. The lowest BCUT2D eigenvalue weighted by Gasteiger charge is -2.09. The molecule has 1 fully saturated rings. The van der Waals surface area contributed by atoms with Crippen molar-refractivity contribution in [3.63, 3.8) is 0 Å². The Hall–Kier alpha value is -0.490. The fraction of sp³-hybridized carbons (Fsp3) is 0.538. The van der Waals surface area contributed by atoms with Crippen molar-refractivity contribution in [2.24, 2.45) is 0 Å². The average molecular weight is 211 g/mol. The standard InChI is InChI=1S/C11H13Cl.C2H6/c1-8-5-9(7-10(12)6-8)11(2)3-4-11;1-2/h5-7H,3-4H2,1-2H3;1-2H3. The summed E-state index contributed by atoms with van der Waals surface area (Å²) in [4.78, 5) is 0.